The third kappa shape index (κ3) is 5.02. The number of nitrogens with one attached hydrogen (secondary N) is 1. The molecule has 1 aromatic heterocycles. The summed E-state index contributed by atoms with van der Waals surface area (Å²) in [6.07, 6.45) is 5.30. The van der Waals surface area contributed by atoms with Crippen LogP contribution >= 0.6 is 0 Å². The van der Waals surface area contributed by atoms with Gasteiger partial charge in [-0.1, -0.05) is 19.3 Å². The van der Waals surface area contributed by atoms with E-state index < -0.39 is 0 Å². The van der Waals surface area contributed by atoms with E-state index in [0.29, 0.717) is 11.6 Å². The summed E-state index contributed by atoms with van der Waals surface area (Å²) < 4.78 is 10.5. The number of carbonyl (C=O) groups excluding carboxylic acids is 1. The standard InChI is InChI=1S/C25H27N3O3/c1-30-20-12-8-17(9-13-20)22-16-23(28-25(29)19-6-4-3-5-7-19)27-24(26-22)18-10-14-21(31-2)15-11-18/h8-16,19H,3-7H2,1-2H3,(H,26,27,28,29). The number of aromatic nitrogens is 2. The van der Waals surface area contributed by atoms with Crippen molar-refractivity contribution >= 4 is 11.7 Å². The molecule has 160 valence electrons. The third-order valence-corrected chi connectivity index (χ3v) is 5.69. The molecule has 6 nitrogen and oxygen atoms in total. The van der Waals surface area contributed by atoms with Gasteiger partial charge in [0.2, 0.25) is 5.91 Å². The lowest BCUT2D eigenvalue weighted by molar-refractivity contribution is -0.120. The van der Waals surface area contributed by atoms with E-state index in [0.717, 1.165) is 54.0 Å². The molecule has 1 amide bonds. The van der Waals surface area contributed by atoms with Crippen LogP contribution < -0.4 is 14.8 Å². The van der Waals surface area contributed by atoms with Crippen molar-refractivity contribution in [1.29, 1.82) is 0 Å². The minimum Gasteiger partial charge on any atom is -0.497 e. The first-order valence-corrected chi connectivity index (χ1v) is 10.6. The van der Waals surface area contributed by atoms with Crippen LogP contribution in [0, 0.1) is 5.92 Å². The van der Waals surface area contributed by atoms with Crippen molar-refractivity contribution < 1.29 is 14.3 Å². The Kier molecular flexibility index (Phi) is 6.46. The average molecular weight is 418 g/mol. The molecule has 1 fully saturated rings. The monoisotopic (exact) mass is 417 g/mol. The van der Waals surface area contributed by atoms with E-state index in [1.807, 2.05) is 54.6 Å². The summed E-state index contributed by atoms with van der Waals surface area (Å²) in [4.78, 5) is 22.2. The number of anilines is 1. The predicted molar refractivity (Wildman–Crippen MR) is 121 cm³/mol. The number of ether oxygens (including phenoxy) is 2. The Labute approximate surface area is 182 Å². The largest absolute Gasteiger partial charge is 0.497 e. The van der Waals surface area contributed by atoms with Gasteiger partial charge in [-0.15, -0.1) is 0 Å². The summed E-state index contributed by atoms with van der Waals surface area (Å²) in [5.74, 6) is 2.70. The van der Waals surface area contributed by atoms with Crippen LogP contribution in [0.15, 0.2) is 54.6 Å². The number of amides is 1. The van der Waals surface area contributed by atoms with Crippen LogP contribution in [0.2, 0.25) is 0 Å². The molecule has 1 heterocycles. The molecule has 3 aromatic rings. The molecule has 1 aliphatic rings. The number of benzene rings is 2. The van der Waals surface area contributed by atoms with Crippen LogP contribution in [-0.2, 0) is 4.79 Å². The lowest BCUT2D eigenvalue weighted by Crippen LogP contribution is -2.25. The summed E-state index contributed by atoms with van der Waals surface area (Å²) in [6.45, 7) is 0. The van der Waals surface area contributed by atoms with Gasteiger partial charge in [0.15, 0.2) is 5.82 Å². The van der Waals surface area contributed by atoms with Gasteiger partial charge in [0.05, 0.1) is 19.9 Å². The maximum atomic E-state index is 12.8. The topological polar surface area (TPSA) is 73.3 Å². The predicted octanol–water partition coefficient (Wildman–Crippen LogP) is 5.35. The molecule has 2 aromatic carbocycles. The first-order chi connectivity index (χ1) is 15.2. The van der Waals surface area contributed by atoms with E-state index in [2.05, 4.69) is 10.3 Å². The number of carbonyl (C=O) groups is 1. The SMILES string of the molecule is COc1ccc(-c2cc(NC(=O)C3CCCCC3)nc(-c3ccc(OC)cc3)n2)cc1. The van der Waals surface area contributed by atoms with Crippen molar-refractivity contribution in [3.8, 4) is 34.1 Å². The highest BCUT2D eigenvalue weighted by Crippen LogP contribution is 2.29. The fraction of sp³-hybridized carbons (Fsp3) is 0.320. The van der Waals surface area contributed by atoms with Gasteiger partial charge in [-0.05, 0) is 61.4 Å². The van der Waals surface area contributed by atoms with E-state index in [9.17, 15) is 4.79 Å². The maximum Gasteiger partial charge on any atom is 0.228 e. The quantitative estimate of drug-likeness (QED) is 0.585. The smallest absolute Gasteiger partial charge is 0.228 e. The zero-order valence-electron chi connectivity index (χ0n) is 17.9. The van der Waals surface area contributed by atoms with Crippen LogP contribution in [0.3, 0.4) is 0 Å². The first-order valence-electron chi connectivity index (χ1n) is 10.6. The summed E-state index contributed by atoms with van der Waals surface area (Å²) >= 11 is 0. The molecule has 0 unspecified atom stereocenters. The highest BCUT2D eigenvalue weighted by atomic mass is 16.5. The van der Waals surface area contributed by atoms with E-state index in [1.54, 1.807) is 14.2 Å². The lowest BCUT2D eigenvalue weighted by Gasteiger charge is -2.20. The summed E-state index contributed by atoms with van der Waals surface area (Å²) in [5, 5.41) is 3.04. The number of hydrogen-bond acceptors (Lipinski definition) is 5. The third-order valence-electron chi connectivity index (χ3n) is 5.69. The molecular weight excluding hydrogens is 390 g/mol. The summed E-state index contributed by atoms with van der Waals surface area (Å²) in [6, 6.07) is 17.1. The zero-order valence-corrected chi connectivity index (χ0v) is 17.9. The van der Waals surface area contributed by atoms with Crippen molar-refractivity contribution in [3.05, 3.63) is 54.6 Å². The minimum atomic E-state index is 0.0414. The molecule has 0 radical (unpaired) electrons. The van der Waals surface area contributed by atoms with Gasteiger partial charge in [-0.3, -0.25) is 4.79 Å². The highest BCUT2D eigenvalue weighted by Gasteiger charge is 2.22. The Morgan fingerprint density at radius 3 is 2.00 bits per heavy atom. The normalized spacial score (nSPS) is 14.1. The van der Waals surface area contributed by atoms with Crippen molar-refractivity contribution in [2.45, 2.75) is 32.1 Å². The molecule has 0 saturated heterocycles. The Balaban J connectivity index is 1.69. The fourth-order valence-corrected chi connectivity index (χ4v) is 3.88. The van der Waals surface area contributed by atoms with Crippen LogP contribution in [0.4, 0.5) is 5.82 Å². The molecule has 1 aliphatic carbocycles. The molecule has 1 N–H and O–H groups in total. The van der Waals surface area contributed by atoms with Gasteiger partial charge in [0.1, 0.15) is 17.3 Å². The van der Waals surface area contributed by atoms with E-state index in [1.165, 1.54) is 6.42 Å². The van der Waals surface area contributed by atoms with Crippen LogP contribution in [0.1, 0.15) is 32.1 Å². The van der Waals surface area contributed by atoms with Crippen molar-refractivity contribution in [2.75, 3.05) is 19.5 Å². The zero-order chi connectivity index (χ0) is 21.6. The Morgan fingerprint density at radius 1 is 0.839 bits per heavy atom. The maximum absolute atomic E-state index is 12.8. The molecule has 4 rings (SSSR count). The van der Waals surface area contributed by atoms with Gasteiger partial charge in [-0.2, -0.15) is 0 Å². The lowest BCUT2D eigenvalue weighted by atomic mass is 9.89. The van der Waals surface area contributed by atoms with Crippen LogP contribution in [0.5, 0.6) is 11.5 Å². The molecular formula is C25H27N3O3. The van der Waals surface area contributed by atoms with Crippen molar-refractivity contribution in [3.63, 3.8) is 0 Å². The van der Waals surface area contributed by atoms with E-state index in [4.69, 9.17) is 14.5 Å². The Hall–Kier alpha value is -3.41. The number of nitrogens with zero attached hydrogens (tertiary/aromatic N) is 2. The van der Waals surface area contributed by atoms with Gasteiger partial charge in [0, 0.05) is 23.1 Å². The second kappa shape index (κ2) is 9.60. The first kappa shape index (κ1) is 20.8. The van der Waals surface area contributed by atoms with Gasteiger partial charge < -0.3 is 14.8 Å². The Morgan fingerprint density at radius 2 is 1.42 bits per heavy atom. The number of hydrogen-bond donors (Lipinski definition) is 1. The molecule has 0 spiro atoms. The van der Waals surface area contributed by atoms with Gasteiger partial charge >= 0.3 is 0 Å². The van der Waals surface area contributed by atoms with Gasteiger partial charge in [0.25, 0.3) is 0 Å². The average Bonchev–Trinajstić information content (AvgIpc) is 2.84. The van der Waals surface area contributed by atoms with Crippen molar-refractivity contribution in [2.24, 2.45) is 5.92 Å². The summed E-state index contributed by atoms with van der Waals surface area (Å²) in [5.41, 5.74) is 2.51. The van der Waals surface area contributed by atoms with E-state index >= 15 is 0 Å². The second-order valence-electron chi connectivity index (χ2n) is 7.74. The van der Waals surface area contributed by atoms with Gasteiger partial charge in [-0.25, -0.2) is 9.97 Å². The second-order valence-corrected chi connectivity index (χ2v) is 7.74. The molecule has 6 heteroatoms. The Bertz CT molecular complexity index is 961. The van der Waals surface area contributed by atoms with Crippen molar-refractivity contribution in [1.82, 2.24) is 9.97 Å². The minimum absolute atomic E-state index is 0.0414. The molecule has 1 saturated carbocycles. The van der Waals surface area contributed by atoms with Crippen LogP contribution in [0.25, 0.3) is 22.6 Å². The summed E-state index contributed by atoms with van der Waals surface area (Å²) in [7, 11) is 3.27. The molecule has 31 heavy (non-hydrogen) atoms. The molecule has 0 aliphatic heterocycles. The fourth-order valence-electron chi connectivity index (χ4n) is 3.88. The highest BCUT2D eigenvalue weighted by molar-refractivity contribution is 5.92. The van der Waals surface area contributed by atoms with Crippen LogP contribution in [-0.4, -0.2) is 30.1 Å². The molecule has 0 atom stereocenters. The number of rotatable bonds is 6. The molecule has 0 bridgehead atoms. The van der Waals surface area contributed by atoms with E-state index in [-0.39, 0.29) is 11.8 Å². The number of methoxy groups -OCH3 is 2.